The van der Waals surface area contributed by atoms with Gasteiger partial charge in [-0.05, 0) is 55.5 Å². The minimum absolute atomic E-state index is 0.699. The minimum Gasteiger partial charge on any atom is -0.411 e. The van der Waals surface area contributed by atoms with Gasteiger partial charge < -0.3 is 10.9 Å². The van der Waals surface area contributed by atoms with Crippen LogP contribution in [0.5, 0.6) is 0 Å². The van der Waals surface area contributed by atoms with Crippen LogP contribution in [0.2, 0.25) is 0 Å². The number of hydrogen-bond acceptors (Lipinski definition) is 5. The number of rotatable bonds is 6. The maximum Gasteiger partial charge on any atom is 0.100 e. The molecule has 2 aromatic heterocycles. The van der Waals surface area contributed by atoms with E-state index in [1.807, 2.05) is 16.8 Å². The number of fused-ring (bicyclic) bond motifs is 1. The molecular weight excluding hydrogens is 338 g/mol. The van der Waals surface area contributed by atoms with Crippen LogP contribution in [-0.2, 0) is 13.0 Å². The van der Waals surface area contributed by atoms with E-state index in [0.29, 0.717) is 6.54 Å². The second kappa shape index (κ2) is 7.72. The van der Waals surface area contributed by atoms with Crippen molar-refractivity contribution in [1.82, 2.24) is 14.8 Å². The molecule has 0 radical (unpaired) electrons. The summed E-state index contributed by atoms with van der Waals surface area (Å²) in [6.45, 7) is 1.55. The van der Waals surface area contributed by atoms with E-state index in [-0.39, 0.29) is 0 Å². The molecule has 0 atom stereocenters. The zero-order valence-electron chi connectivity index (χ0n) is 15.2. The van der Waals surface area contributed by atoms with E-state index >= 15 is 0 Å². The molecule has 0 saturated heterocycles. The van der Waals surface area contributed by atoms with Crippen molar-refractivity contribution in [1.29, 1.82) is 0 Å². The average Bonchev–Trinajstić information content (AvgIpc) is 3.32. The molecule has 1 aliphatic rings. The Morgan fingerprint density at radius 2 is 1.89 bits per heavy atom. The Hall–Kier alpha value is -2.99. The van der Waals surface area contributed by atoms with Crippen molar-refractivity contribution in [2.45, 2.75) is 32.2 Å². The molecule has 0 saturated carbocycles. The van der Waals surface area contributed by atoms with Crippen LogP contribution < -0.4 is 5.73 Å². The van der Waals surface area contributed by atoms with Crippen LogP contribution in [0.1, 0.15) is 30.4 Å². The summed E-state index contributed by atoms with van der Waals surface area (Å²) >= 11 is 0. The van der Waals surface area contributed by atoms with Crippen LogP contribution in [0.25, 0.3) is 22.4 Å². The maximum atomic E-state index is 9.16. The van der Waals surface area contributed by atoms with E-state index in [1.54, 1.807) is 12.4 Å². The van der Waals surface area contributed by atoms with E-state index in [0.717, 1.165) is 65.9 Å². The summed E-state index contributed by atoms with van der Waals surface area (Å²) in [7, 11) is 0. The number of oxime groups is 1. The van der Waals surface area contributed by atoms with Gasteiger partial charge in [0.25, 0.3) is 0 Å². The number of hydrogen-bond donors (Lipinski definition) is 2. The summed E-state index contributed by atoms with van der Waals surface area (Å²) in [6, 6.07) is 10.3. The lowest BCUT2D eigenvalue weighted by atomic mass is 9.98. The highest BCUT2D eigenvalue weighted by Gasteiger charge is 2.20. The molecular formula is C21H23N5O. The largest absolute Gasteiger partial charge is 0.411 e. The fourth-order valence-electron chi connectivity index (χ4n) is 3.63. The highest BCUT2D eigenvalue weighted by molar-refractivity contribution is 6.04. The smallest absolute Gasteiger partial charge is 0.100 e. The van der Waals surface area contributed by atoms with E-state index < -0.39 is 0 Å². The first kappa shape index (κ1) is 17.4. The number of pyridine rings is 1. The Bertz CT molecular complexity index is 962. The van der Waals surface area contributed by atoms with Gasteiger partial charge in [-0.3, -0.25) is 9.67 Å². The highest BCUT2D eigenvalue weighted by atomic mass is 16.4. The quantitative estimate of drug-likeness (QED) is 0.400. The van der Waals surface area contributed by atoms with Gasteiger partial charge in [-0.15, -0.1) is 0 Å². The summed E-state index contributed by atoms with van der Waals surface area (Å²) < 4.78 is 2.01. The fourth-order valence-corrected chi connectivity index (χ4v) is 3.63. The van der Waals surface area contributed by atoms with Crippen LogP contribution in [0.4, 0.5) is 0 Å². The highest BCUT2D eigenvalue weighted by Crippen LogP contribution is 2.34. The van der Waals surface area contributed by atoms with Crippen LogP contribution in [0.15, 0.2) is 54.1 Å². The van der Waals surface area contributed by atoms with Gasteiger partial charge in [-0.25, -0.2) is 0 Å². The Morgan fingerprint density at radius 3 is 2.67 bits per heavy atom. The number of aryl methyl sites for hydroxylation is 2. The van der Waals surface area contributed by atoms with Crippen LogP contribution in [-0.4, -0.2) is 32.2 Å². The Balaban J connectivity index is 1.75. The number of nitrogens with two attached hydrogens (primary N) is 1. The Kier molecular flexibility index (Phi) is 4.98. The second-order valence-corrected chi connectivity index (χ2v) is 6.80. The van der Waals surface area contributed by atoms with Gasteiger partial charge in [0.2, 0.25) is 0 Å². The van der Waals surface area contributed by atoms with Crippen molar-refractivity contribution in [3.8, 4) is 22.4 Å². The molecule has 3 N–H and O–H groups in total. The first-order valence-corrected chi connectivity index (χ1v) is 9.32. The normalized spacial score (nSPS) is 14.6. The van der Waals surface area contributed by atoms with Crippen molar-refractivity contribution in [3.63, 3.8) is 0 Å². The summed E-state index contributed by atoms with van der Waals surface area (Å²) in [5, 5.41) is 17.4. The van der Waals surface area contributed by atoms with Crippen molar-refractivity contribution in [2.24, 2.45) is 10.9 Å². The standard InChI is InChI=1S/C21H23N5O/c22-9-1-2-12-26-14-19(21(24-26)15-7-10-23-11-8-15)17-3-5-18-16(13-17)4-6-20(18)25-27/h3,5,7-8,10-11,13-14,27H,1-2,4,6,9,12,22H2/b25-20+. The number of unbranched alkanes of at least 4 members (excludes halogenated alkanes) is 1. The molecule has 3 aromatic rings. The van der Waals surface area contributed by atoms with Crippen molar-refractivity contribution < 1.29 is 5.21 Å². The minimum atomic E-state index is 0.699. The van der Waals surface area contributed by atoms with Crippen molar-refractivity contribution >= 4 is 5.71 Å². The summed E-state index contributed by atoms with van der Waals surface area (Å²) in [5.74, 6) is 0. The fraction of sp³-hybridized carbons (Fsp3) is 0.286. The number of benzene rings is 1. The summed E-state index contributed by atoms with van der Waals surface area (Å²) in [4.78, 5) is 4.12. The molecule has 0 spiro atoms. The third-order valence-electron chi connectivity index (χ3n) is 5.04. The van der Waals surface area contributed by atoms with Gasteiger partial charge in [0.15, 0.2) is 0 Å². The van der Waals surface area contributed by atoms with Crippen molar-refractivity contribution in [3.05, 3.63) is 60.0 Å². The van der Waals surface area contributed by atoms with Crippen LogP contribution in [0, 0.1) is 0 Å². The molecule has 2 heterocycles. The number of aromatic nitrogens is 3. The van der Waals surface area contributed by atoms with Crippen molar-refractivity contribution in [2.75, 3.05) is 6.54 Å². The zero-order chi connectivity index (χ0) is 18.6. The first-order valence-electron chi connectivity index (χ1n) is 9.32. The molecule has 0 bridgehead atoms. The van der Waals surface area contributed by atoms with E-state index in [1.165, 1.54) is 5.56 Å². The monoisotopic (exact) mass is 361 g/mol. The lowest BCUT2D eigenvalue weighted by Gasteiger charge is -2.05. The van der Waals surface area contributed by atoms with Gasteiger partial charge in [0, 0.05) is 41.8 Å². The molecule has 6 heteroatoms. The molecule has 4 rings (SSSR count). The number of nitrogens with zero attached hydrogens (tertiary/aromatic N) is 4. The molecule has 0 aliphatic heterocycles. The van der Waals surface area contributed by atoms with E-state index in [9.17, 15) is 0 Å². The molecule has 1 aliphatic carbocycles. The maximum absolute atomic E-state index is 9.16. The predicted octanol–water partition coefficient (Wildman–Crippen LogP) is 3.48. The van der Waals surface area contributed by atoms with Gasteiger partial charge in [-0.1, -0.05) is 23.4 Å². The average molecular weight is 361 g/mol. The van der Waals surface area contributed by atoms with Gasteiger partial charge in [0.05, 0.1) is 5.71 Å². The third-order valence-corrected chi connectivity index (χ3v) is 5.04. The van der Waals surface area contributed by atoms with Crippen LogP contribution >= 0.6 is 0 Å². The second-order valence-electron chi connectivity index (χ2n) is 6.80. The Morgan fingerprint density at radius 1 is 1.04 bits per heavy atom. The van der Waals surface area contributed by atoms with E-state index in [2.05, 4.69) is 34.5 Å². The molecule has 0 amide bonds. The predicted molar refractivity (Wildman–Crippen MR) is 106 cm³/mol. The molecule has 27 heavy (non-hydrogen) atoms. The molecule has 1 aromatic carbocycles. The topological polar surface area (TPSA) is 89.3 Å². The lowest BCUT2D eigenvalue weighted by Crippen LogP contribution is -2.03. The lowest BCUT2D eigenvalue weighted by molar-refractivity contribution is 0.318. The van der Waals surface area contributed by atoms with Gasteiger partial charge >= 0.3 is 0 Å². The summed E-state index contributed by atoms with van der Waals surface area (Å²) in [5.41, 5.74) is 12.9. The molecule has 6 nitrogen and oxygen atoms in total. The molecule has 0 fully saturated rings. The van der Waals surface area contributed by atoms with Gasteiger partial charge in [0.1, 0.15) is 5.69 Å². The SMILES string of the molecule is NCCCCn1cc(-c2ccc3c(c2)CC/C3=N\O)c(-c2ccncc2)n1. The zero-order valence-corrected chi connectivity index (χ0v) is 15.2. The van der Waals surface area contributed by atoms with Gasteiger partial charge in [-0.2, -0.15) is 5.10 Å². The first-order chi connectivity index (χ1) is 13.3. The summed E-state index contributed by atoms with van der Waals surface area (Å²) in [6.07, 6.45) is 9.38. The Labute approximate surface area is 158 Å². The van der Waals surface area contributed by atoms with E-state index in [4.69, 9.17) is 16.0 Å². The molecule has 0 unspecified atom stereocenters. The van der Waals surface area contributed by atoms with Crippen LogP contribution in [0.3, 0.4) is 0 Å². The third kappa shape index (κ3) is 3.48. The molecule has 138 valence electrons.